The van der Waals surface area contributed by atoms with Crippen molar-refractivity contribution in [1.82, 2.24) is 0 Å². The van der Waals surface area contributed by atoms with Crippen LogP contribution in [0.25, 0.3) is 0 Å². The van der Waals surface area contributed by atoms with Gasteiger partial charge in [0, 0.05) is 0 Å². The molecule has 0 radical (unpaired) electrons. The first-order chi connectivity index (χ1) is 6.09. The summed E-state index contributed by atoms with van der Waals surface area (Å²) in [7, 11) is 0. The fourth-order valence-corrected chi connectivity index (χ4v) is 1.45. The number of rotatable bonds is 3. The molecule has 2 nitrogen and oxygen atoms in total. The molecular formula is C11H16O2. The Morgan fingerprint density at radius 1 is 1.15 bits per heavy atom. The number of hydrogen-bond donors (Lipinski definition) is 2. The minimum atomic E-state index is -0.274. The second kappa shape index (κ2) is 4.28. The van der Waals surface area contributed by atoms with Gasteiger partial charge in [-0.15, -0.1) is 0 Å². The van der Waals surface area contributed by atoms with Crippen LogP contribution in [0.2, 0.25) is 0 Å². The summed E-state index contributed by atoms with van der Waals surface area (Å²) in [6.45, 7) is 3.86. The lowest BCUT2D eigenvalue weighted by Gasteiger charge is -2.13. The molecule has 2 unspecified atom stereocenters. The summed E-state index contributed by atoms with van der Waals surface area (Å²) in [5.41, 5.74) is 1.15. The molecule has 0 aliphatic carbocycles. The highest BCUT2D eigenvalue weighted by Crippen LogP contribution is 2.22. The highest BCUT2D eigenvalue weighted by Gasteiger charge is 2.07. The molecule has 1 aromatic rings. The summed E-state index contributed by atoms with van der Waals surface area (Å²) < 4.78 is 0. The smallest absolute Gasteiger partial charge is 0.115 e. The molecule has 0 aliphatic rings. The van der Waals surface area contributed by atoms with Crippen LogP contribution in [0.4, 0.5) is 0 Å². The molecule has 2 atom stereocenters. The molecule has 0 saturated heterocycles. The van der Waals surface area contributed by atoms with Crippen molar-refractivity contribution in [2.45, 2.75) is 32.3 Å². The van der Waals surface area contributed by atoms with Crippen molar-refractivity contribution in [2.24, 2.45) is 0 Å². The molecular weight excluding hydrogens is 164 g/mol. The van der Waals surface area contributed by atoms with E-state index in [1.54, 1.807) is 19.1 Å². The molecule has 0 heterocycles. The summed E-state index contributed by atoms with van der Waals surface area (Å²) >= 11 is 0. The molecule has 0 aliphatic heterocycles. The number of phenols is 1. The van der Waals surface area contributed by atoms with Crippen LogP contribution in [0.5, 0.6) is 5.75 Å². The number of aromatic hydroxyl groups is 1. The van der Waals surface area contributed by atoms with E-state index in [-0.39, 0.29) is 11.9 Å². The second-order valence-electron chi connectivity index (χ2n) is 3.58. The first kappa shape index (κ1) is 10.1. The van der Waals surface area contributed by atoms with E-state index in [1.165, 1.54) is 0 Å². The summed E-state index contributed by atoms with van der Waals surface area (Å²) in [4.78, 5) is 0. The minimum absolute atomic E-state index is 0.274. The van der Waals surface area contributed by atoms with Crippen LogP contribution >= 0.6 is 0 Å². The van der Waals surface area contributed by atoms with Gasteiger partial charge in [0.25, 0.3) is 0 Å². The third-order valence-corrected chi connectivity index (χ3v) is 2.16. The lowest BCUT2D eigenvalue weighted by Crippen LogP contribution is -2.05. The third kappa shape index (κ3) is 3.07. The molecule has 0 fully saturated rings. The van der Waals surface area contributed by atoms with Gasteiger partial charge in [-0.05, 0) is 37.0 Å². The second-order valence-corrected chi connectivity index (χ2v) is 3.58. The normalized spacial score (nSPS) is 15.3. The minimum Gasteiger partial charge on any atom is -0.508 e. The Balaban J connectivity index is 2.66. The maximum Gasteiger partial charge on any atom is 0.115 e. The molecule has 2 N–H and O–H groups in total. The molecule has 1 aromatic carbocycles. The average Bonchev–Trinajstić information content (AvgIpc) is 2.04. The maximum absolute atomic E-state index is 9.19. The average molecular weight is 180 g/mol. The Hall–Kier alpha value is -1.02. The standard InChI is InChI=1S/C11H16O2/c1-8(7-9(2)12)10-3-5-11(13)6-4-10/h3-6,8-9,12-13H,7H2,1-2H3. The molecule has 0 bridgehead atoms. The molecule has 0 spiro atoms. The first-order valence-electron chi connectivity index (χ1n) is 4.56. The van der Waals surface area contributed by atoms with Gasteiger partial charge < -0.3 is 10.2 Å². The summed E-state index contributed by atoms with van der Waals surface area (Å²) in [6.07, 6.45) is 0.480. The predicted octanol–water partition coefficient (Wildman–Crippen LogP) is 2.27. The number of aliphatic hydroxyl groups is 1. The predicted molar refractivity (Wildman–Crippen MR) is 52.8 cm³/mol. The van der Waals surface area contributed by atoms with E-state index >= 15 is 0 Å². The van der Waals surface area contributed by atoms with Gasteiger partial charge in [-0.2, -0.15) is 0 Å². The van der Waals surface area contributed by atoms with Crippen molar-refractivity contribution in [3.8, 4) is 5.75 Å². The van der Waals surface area contributed by atoms with Crippen molar-refractivity contribution in [1.29, 1.82) is 0 Å². The summed E-state index contributed by atoms with van der Waals surface area (Å²) in [5, 5.41) is 18.3. The van der Waals surface area contributed by atoms with E-state index in [1.807, 2.05) is 12.1 Å². The lowest BCUT2D eigenvalue weighted by molar-refractivity contribution is 0.176. The zero-order chi connectivity index (χ0) is 9.84. The van der Waals surface area contributed by atoms with Gasteiger partial charge in [0.15, 0.2) is 0 Å². The van der Waals surface area contributed by atoms with E-state index in [2.05, 4.69) is 6.92 Å². The number of aliphatic hydroxyl groups excluding tert-OH is 1. The van der Waals surface area contributed by atoms with E-state index in [0.717, 1.165) is 12.0 Å². The van der Waals surface area contributed by atoms with Gasteiger partial charge in [0.1, 0.15) is 5.75 Å². The topological polar surface area (TPSA) is 40.5 Å². The van der Waals surface area contributed by atoms with Gasteiger partial charge in [0.2, 0.25) is 0 Å². The Kier molecular flexibility index (Phi) is 3.32. The summed E-state index contributed by atoms with van der Waals surface area (Å²) in [5.74, 6) is 0.619. The Morgan fingerprint density at radius 3 is 2.15 bits per heavy atom. The van der Waals surface area contributed by atoms with Gasteiger partial charge in [0.05, 0.1) is 6.10 Å². The highest BCUT2D eigenvalue weighted by molar-refractivity contribution is 5.27. The molecule has 2 heteroatoms. The van der Waals surface area contributed by atoms with E-state index in [4.69, 9.17) is 5.11 Å². The summed E-state index contributed by atoms with van der Waals surface area (Å²) in [6, 6.07) is 7.13. The Morgan fingerprint density at radius 2 is 1.69 bits per heavy atom. The lowest BCUT2D eigenvalue weighted by atomic mass is 9.95. The fraction of sp³-hybridized carbons (Fsp3) is 0.455. The van der Waals surface area contributed by atoms with Crippen LogP contribution in [0, 0.1) is 0 Å². The molecule has 13 heavy (non-hydrogen) atoms. The van der Waals surface area contributed by atoms with Crippen molar-refractivity contribution >= 4 is 0 Å². The number of benzene rings is 1. The maximum atomic E-state index is 9.19. The first-order valence-corrected chi connectivity index (χ1v) is 4.56. The van der Waals surface area contributed by atoms with Gasteiger partial charge in [-0.1, -0.05) is 19.1 Å². The molecule has 0 amide bonds. The monoisotopic (exact) mass is 180 g/mol. The molecule has 72 valence electrons. The number of phenolic OH excluding ortho intramolecular Hbond substituents is 1. The van der Waals surface area contributed by atoms with E-state index in [9.17, 15) is 5.11 Å². The highest BCUT2D eigenvalue weighted by atomic mass is 16.3. The van der Waals surface area contributed by atoms with Gasteiger partial charge in [-0.25, -0.2) is 0 Å². The van der Waals surface area contributed by atoms with Crippen LogP contribution in [-0.2, 0) is 0 Å². The quantitative estimate of drug-likeness (QED) is 0.749. The third-order valence-electron chi connectivity index (χ3n) is 2.16. The van der Waals surface area contributed by atoms with Crippen molar-refractivity contribution in [3.05, 3.63) is 29.8 Å². The largest absolute Gasteiger partial charge is 0.508 e. The molecule has 0 aromatic heterocycles. The van der Waals surface area contributed by atoms with E-state index < -0.39 is 0 Å². The molecule has 1 rings (SSSR count). The molecule has 0 saturated carbocycles. The zero-order valence-electron chi connectivity index (χ0n) is 8.07. The van der Waals surface area contributed by atoms with Gasteiger partial charge >= 0.3 is 0 Å². The van der Waals surface area contributed by atoms with Crippen LogP contribution in [0.15, 0.2) is 24.3 Å². The van der Waals surface area contributed by atoms with Crippen LogP contribution < -0.4 is 0 Å². The Bertz CT molecular complexity index is 251. The van der Waals surface area contributed by atoms with Crippen LogP contribution in [0.3, 0.4) is 0 Å². The van der Waals surface area contributed by atoms with E-state index in [0.29, 0.717) is 5.92 Å². The number of hydrogen-bond acceptors (Lipinski definition) is 2. The SMILES string of the molecule is CC(O)CC(C)c1ccc(O)cc1. The van der Waals surface area contributed by atoms with Crippen LogP contribution in [-0.4, -0.2) is 16.3 Å². The van der Waals surface area contributed by atoms with Crippen LogP contribution in [0.1, 0.15) is 31.7 Å². The zero-order valence-corrected chi connectivity index (χ0v) is 8.07. The van der Waals surface area contributed by atoms with Gasteiger partial charge in [-0.3, -0.25) is 0 Å². The van der Waals surface area contributed by atoms with Crippen molar-refractivity contribution in [3.63, 3.8) is 0 Å². The Labute approximate surface area is 78.8 Å². The van der Waals surface area contributed by atoms with Crippen molar-refractivity contribution < 1.29 is 10.2 Å². The van der Waals surface area contributed by atoms with Crippen molar-refractivity contribution in [2.75, 3.05) is 0 Å². The fourth-order valence-electron chi connectivity index (χ4n) is 1.45.